The average Bonchev–Trinajstić information content (AvgIpc) is 2.79. The Labute approximate surface area is 177 Å². The highest BCUT2D eigenvalue weighted by Crippen LogP contribution is 2.27. The zero-order valence-electron chi connectivity index (χ0n) is 17.6. The maximum atomic E-state index is 12.6. The molecular weight excluding hydrogens is 382 g/mol. The zero-order valence-corrected chi connectivity index (χ0v) is 17.6. The number of quaternary nitrogens is 1. The molecule has 0 aromatic heterocycles. The first kappa shape index (κ1) is 21.6. The van der Waals surface area contributed by atoms with Gasteiger partial charge in [0.05, 0.1) is 46.1 Å². The first-order chi connectivity index (χ1) is 14.6. The topological polar surface area (TPSA) is 72.3 Å². The van der Waals surface area contributed by atoms with Crippen LogP contribution in [0, 0.1) is 0 Å². The van der Waals surface area contributed by atoms with E-state index in [-0.39, 0.29) is 5.91 Å². The molecule has 2 aromatic rings. The van der Waals surface area contributed by atoms with E-state index in [1.165, 1.54) is 12.0 Å². The van der Waals surface area contributed by atoms with Gasteiger partial charge in [0.15, 0.2) is 6.54 Å². The monoisotopic (exact) mass is 412 g/mol. The fourth-order valence-corrected chi connectivity index (χ4v) is 3.79. The Morgan fingerprint density at radius 2 is 1.70 bits per heavy atom. The van der Waals surface area contributed by atoms with Crippen LogP contribution in [-0.2, 0) is 20.7 Å². The minimum atomic E-state index is -0.681. The number of benzene rings is 2. The summed E-state index contributed by atoms with van der Waals surface area (Å²) in [5, 5.41) is 2.86. The summed E-state index contributed by atoms with van der Waals surface area (Å²) >= 11 is 0. The molecule has 30 heavy (non-hydrogen) atoms. The number of carbonyl (C=O) groups is 2. The molecule has 2 N–H and O–H groups in total. The standard InChI is InChI=1S/C23H29N3O4/c1-29-21-11-7-6-10-20(21)26-14-12-25(13-15-26)17-22(27)24-19(23(28)30-2)16-18-8-4-3-5-9-18/h3-11,19H,12-17H2,1-2H3,(H,24,27)/p+1/t19-/m0/s1. The average molecular weight is 413 g/mol. The Balaban J connectivity index is 1.52. The van der Waals surface area contributed by atoms with Crippen LogP contribution in [0.25, 0.3) is 0 Å². The van der Waals surface area contributed by atoms with Crippen LogP contribution in [0.15, 0.2) is 54.6 Å². The molecule has 1 heterocycles. The summed E-state index contributed by atoms with van der Waals surface area (Å²) in [5.74, 6) is 0.297. The Morgan fingerprint density at radius 3 is 2.37 bits per heavy atom. The van der Waals surface area contributed by atoms with E-state index in [1.54, 1.807) is 7.11 Å². The van der Waals surface area contributed by atoms with Gasteiger partial charge in [0.2, 0.25) is 0 Å². The molecule has 0 aliphatic carbocycles. The van der Waals surface area contributed by atoms with Gasteiger partial charge in [-0.2, -0.15) is 0 Å². The second-order valence-electron chi connectivity index (χ2n) is 7.42. The van der Waals surface area contributed by atoms with Gasteiger partial charge < -0.3 is 24.6 Å². The number of para-hydroxylation sites is 2. The molecule has 0 spiro atoms. The van der Waals surface area contributed by atoms with Crippen LogP contribution in [0.3, 0.4) is 0 Å². The van der Waals surface area contributed by atoms with Gasteiger partial charge in [-0.25, -0.2) is 4.79 Å². The summed E-state index contributed by atoms with van der Waals surface area (Å²) in [5.41, 5.74) is 2.06. The lowest BCUT2D eigenvalue weighted by atomic mass is 10.1. The van der Waals surface area contributed by atoms with Crippen LogP contribution in [0.2, 0.25) is 0 Å². The molecule has 7 heteroatoms. The van der Waals surface area contributed by atoms with E-state index in [1.807, 2.05) is 48.5 Å². The molecule has 1 fully saturated rings. The number of hydrogen-bond acceptors (Lipinski definition) is 5. The molecule has 1 saturated heterocycles. The number of nitrogens with zero attached hydrogens (tertiary/aromatic N) is 1. The highest BCUT2D eigenvalue weighted by atomic mass is 16.5. The second-order valence-corrected chi connectivity index (χ2v) is 7.42. The maximum absolute atomic E-state index is 12.6. The van der Waals surface area contributed by atoms with Crippen LogP contribution in [0.5, 0.6) is 5.75 Å². The van der Waals surface area contributed by atoms with Gasteiger partial charge in [-0.1, -0.05) is 42.5 Å². The highest BCUT2D eigenvalue weighted by molar-refractivity contribution is 5.85. The quantitative estimate of drug-likeness (QED) is 0.611. The third-order valence-corrected chi connectivity index (χ3v) is 5.41. The summed E-state index contributed by atoms with van der Waals surface area (Å²) in [6.45, 7) is 3.70. The van der Waals surface area contributed by atoms with E-state index >= 15 is 0 Å². The molecule has 1 aliphatic rings. The number of methoxy groups -OCH3 is 2. The van der Waals surface area contributed by atoms with Gasteiger partial charge in [-0.15, -0.1) is 0 Å². The lowest BCUT2D eigenvalue weighted by Crippen LogP contribution is -3.16. The van der Waals surface area contributed by atoms with E-state index in [2.05, 4.69) is 16.3 Å². The second kappa shape index (κ2) is 10.6. The number of esters is 1. The van der Waals surface area contributed by atoms with Crippen LogP contribution in [-0.4, -0.2) is 64.9 Å². The minimum Gasteiger partial charge on any atom is -0.495 e. The van der Waals surface area contributed by atoms with Crippen LogP contribution < -0.4 is 19.9 Å². The molecule has 0 bridgehead atoms. The Bertz CT molecular complexity index is 835. The zero-order chi connectivity index (χ0) is 21.3. The van der Waals surface area contributed by atoms with Gasteiger partial charge in [-0.05, 0) is 17.7 Å². The molecule has 160 valence electrons. The number of anilines is 1. The molecule has 1 amide bonds. The van der Waals surface area contributed by atoms with E-state index < -0.39 is 12.0 Å². The van der Waals surface area contributed by atoms with Crippen molar-refractivity contribution in [2.24, 2.45) is 0 Å². The summed E-state index contributed by atoms with van der Waals surface area (Å²) < 4.78 is 10.3. The lowest BCUT2D eigenvalue weighted by Gasteiger charge is -2.34. The van der Waals surface area contributed by atoms with Gasteiger partial charge in [0.1, 0.15) is 11.8 Å². The molecule has 0 radical (unpaired) electrons. The van der Waals surface area contributed by atoms with E-state index in [0.29, 0.717) is 13.0 Å². The predicted molar refractivity (Wildman–Crippen MR) is 115 cm³/mol. The van der Waals surface area contributed by atoms with Gasteiger partial charge in [0.25, 0.3) is 5.91 Å². The Morgan fingerprint density at radius 1 is 1.03 bits per heavy atom. The molecule has 7 nitrogen and oxygen atoms in total. The summed E-state index contributed by atoms with van der Waals surface area (Å²) in [6, 6.07) is 16.9. The Hall–Kier alpha value is -3.06. The fraction of sp³-hybridized carbons (Fsp3) is 0.391. The van der Waals surface area contributed by atoms with Crippen LogP contribution >= 0.6 is 0 Å². The van der Waals surface area contributed by atoms with Crippen molar-refractivity contribution in [3.63, 3.8) is 0 Å². The number of amides is 1. The van der Waals surface area contributed by atoms with Crippen molar-refractivity contribution in [1.29, 1.82) is 0 Å². The van der Waals surface area contributed by atoms with Crippen molar-refractivity contribution in [3.05, 3.63) is 60.2 Å². The number of rotatable bonds is 8. The van der Waals surface area contributed by atoms with Crippen molar-refractivity contribution in [2.75, 3.05) is 51.8 Å². The summed E-state index contributed by atoms with van der Waals surface area (Å²) in [7, 11) is 3.02. The van der Waals surface area contributed by atoms with Crippen molar-refractivity contribution in [2.45, 2.75) is 12.5 Å². The number of piperazine rings is 1. The lowest BCUT2D eigenvalue weighted by molar-refractivity contribution is -0.892. The molecule has 0 unspecified atom stereocenters. The molecular formula is C23H30N3O4+. The molecule has 0 saturated carbocycles. The number of hydrogen-bond donors (Lipinski definition) is 2. The number of nitrogens with one attached hydrogen (secondary N) is 2. The normalized spacial score (nSPS) is 15.3. The third kappa shape index (κ3) is 5.73. The molecule has 2 aromatic carbocycles. The molecule has 1 atom stereocenters. The van der Waals surface area contributed by atoms with Crippen molar-refractivity contribution < 1.29 is 24.0 Å². The minimum absolute atomic E-state index is 0.137. The smallest absolute Gasteiger partial charge is 0.328 e. The number of carbonyl (C=O) groups excluding carboxylic acids is 2. The van der Waals surface area contributed by atoms with E-state index in [9.17, 15) is 9.59 Å². The maximum Gasteiger partial charge on any atom is 0.328 e. The third-order valence-electron chi connectivity index (χ3n) is 5.41. The SMILES string of the molecule is COC(=O)[C@H](Cc1ccccc1)NC(=O)C[NH+]1CCN(c2ccccc2OC)CC1. The Kier molecular flexibility index (Phi) is 7.68. The van der Waals surface area contributed by atoms with Gasteiger partial charge in [0, 0.05) is 6.42 Å². The largest absolute Gasteiger partial charge is 0.495 e. The first-order valence-corrected chi connectivity index (χ1v) is 10.2. The van der Waals surface area contributed by atoms with Gasteiger partial charge in [-0.3, -0.25) is 4.79 Å². The molecule has 3 rings (SSSR count). The van der Waals surface area contributed by atoms with Crippen molar-refractivity contribution in [3.8, 4) is 5.75 Å². The first-order valence-electron chi connectivity index (χ1n) is 10.2. The van der Waals surface area contributed by atoms with Crippen molar-refractivity contribution >= 4 is 17.6 Å². The summed E-state index contributed by atoms with van der Waals surface area (Å²) in [6.07, 6.45) is 0.413. The van der Waals surface area contributed by atoms with Crippen molar-refractivity contribution in [1.82, 2.24) is 5.32 Å². The fourth-order valence-electron chi connectivity index (χ4n) is 3.79. The van der Waals surface area contributed by atoms with E-state index in [0.717, 1.165) is 43.2 Å². The predicted octanol–water partition coefficient (Wildman–Crippen LogP) is 0.301. The molecule has 1 aliphatic heterocycles. The van der Waals surface area contributed by atoms with Gasteiger partial charge >= 0.3 is 5.97 Å². The van der Waals surface area contributed by atoms with Crippen LogP contribution in [0.4, 0.5) is 5.69 Å². The highest BCUT2D eigenvalue weighted by Gasteiger charge is 2.27. The van der Waals surface area contributed by atoms with Crippen LogP contribution in [0.1, 0.15) is 5.56 Å². The van der Waals surface area contributed by atoms with E-state index in [4.69, 9.17) is 9.47 Å². The summed E-state index contributed by atoms with van der Waals surface area (Å²) in [4.78, 5) is 28.2. The number of ether oxygens (including phenoxy) is 2.